The molecule has 0 bridgehead atoms. The third kappa shape index (κ3) is 1.34. The molecule has 0 radical (unpaired) electrons. The molecule has 1 aromatic carbocycles. The van der Waals surface area contributed by atoms with Gasteiger partial charge in [0.25, 0.3) is 0 Å². The van der Waals surface area contributed by atoms with Gasteiger partial charge in [-0.15, -0.1) is 0 Å². The summed E-state index contributed by atoms with van der Waals surface area (Å²) in [4.78, 5) is 0. The highest BCUT2D eigenvalue weighted by Gasteiger charge is 2.23. The number of aryl methyl sites for hydroxylation is 1. The predicted molar refractivity (Wildman–Crippen MR) is 66.1 cm³/mol. The number of rotatable bonds is 1. The van der Waals surface area contributed by atoms with E-state index in [4.69, 9.17) is 5.73 Å². The Balaban J connectivity index is 2.25. The topological polar surface area (TPSA) is 30.9 Å². The molecule has 0 fully saturated rings. The van der Waals surface area contributed by atoms with E-state index in [1.165, 1.54) is 23.0 Å². The molecule has 2 heterocycles. The summed E-state index contributed by atoms with van der Waals surface area (Å²) in [5, 5.41) is 1.32. The monoisotopic (exact) mass is 264 g/mol. The maximum atomic E-state index is 5.78. The van der Waals surface area contributed by atoms with Crippen LogP contribution in [0.5, 0.6) is 0 Å². The minimum Gasteiger partial charge on any atom is -0.344 e. The van der Waals surface area contributed by atoms with Crippen LogP contribution in [0.15, 0.2) is 28.7 Å². The largest absolute Gasteiger partial charge is 0.344 e. The van der Waals surface area contributed by atoms with E-state index >= 15 is 0 Å². The molecule has 0 spiro atoms. The lowest BCUT2D eigenvalue weighted by molar-refractivity contribution is 0.673. The second-order valence-corrected chi connectivity index (χ2v) is 5.06. The fourth-order valence-corrected chi connectivity index (χ4v) is 2.90. The van der Waals surface area contributed by atoms with Crippen molar-refractivity contribution in [1.29, 1.82) is 0 Å². The minimum absolute atomic E-state index is 0.552. The fourth-order valence-electron chi connectivity index (χ4n) is 2.52. The molecule has 2 nitrogen and oxygen atoms in total. The van der Waals surface area contributed by atoms with Gasteiger partial charge in [-0.25, -0.2) is 0 Å². The molecule has 3 heteroatoms. The highest BCUT2D eigenvalue weighted by atomic mass is 79.9. The molecule has 78 valence electrons. The summed E-state index contributed by atoms with van der Waals surface area (Å²) in [6, 6.07) is 8.74. The lowest BCUT2D eigenvalue weighted by atomic mass is 10.1. The maximum Gasteiger partial charge on any atom is 0.0483 e. The molecule has 3 rings (SSSR count). The molecule has 0 saturated carbocycles. The second kappa shape index (κ2) is 3.35. The number of hydrogen-bond acceptors (Lipinski definition) is 1. The summed E-state index contributed by atoms with van der Waals surface area (Å²) in [5.41, 5.74) is 8.52. The Hall–Kier alpha value is -0.800. The molecule has 1 aliphatic heterocycles. The average Bonchev–Trinajstić information content (AvgIpc) is 2.74. The molecule has 1 atom stereocenters. The molecule has 2 N–H and O–H groups in total. The quantitative estimate of drug-likeness (QED) is 0.844. The zero-order valence-electron chi connectivity index (χ0n) is 8.41. The van der Waals surface area contributed by atoms with Crippen molar-refractivity contribution in [3.8, 4) is 0 Å². The molecule has 0 saturated heterocycles. The van der Waals surface area contributed by atoms with Gasteiger partial charge in [-0.2, -0.15) is 0 Å². The summed E-state index contributed by atoms with van der Waals surface area (Å²) < 4.78 is 3.54. The first-order valence-corrected chi connectivity index (χ1v) is 6.07. The van der Waals surface area contributed by atoms with Crippen molar-refractivity contribution in [3.05, 3.63) is 34.4 Å². The van der Waals surface area contributed by atoms with Gasteiger partial charge in [-0.05, 0) is 30.7 Å². The highest BCUT2D eigenvalue weighted by Crippen LogP contribution is 2.34. The van der Waals surface area contributed by atoms with Gasteiger partial charge in [-0.1, -0.05) is 15.9 Å². The van der Waals surface area contributed by atoms with Gasteiger partial charge in [0, 0.05) is 40.1 Å². The van der Waals surface area contributed by atoms with Gasteiger partial charge in [0.05, 0.1) is 0 Å². The smallest absolute Gasteiger partial charge is 0.0483 e. The van der Waals surface area contributed by atoms with Crippen LogP contribution in [0.4, 0.5) is 0 Å². The third-order valence-electron chi connectivity index (χ3n) is 3.30. The van der Waals surface area contributed by atoms with Crippen LogP contribution in [-0.2, 0) is 6.54 Å². The predicted octanol–water partition coefficient (Wildman–Crippen LogP) is 2.85. The Morgan fingerprint density at radius 2 is 2.27 bits per heavy atom. The fraction of sp³-hybridized carbons (Fsp3) is 0.333. The van der Waals surface area contributed by atoms with Crippen LogP contribution in [0.1, 0.15) is 18.0 Å². The first-order valence-electron chi connectivity index (χ1n) is 5.28. The molecular formula is C12H13BrN2. The molecule has 0 amide bonds. The van der Waals surface area contributed by atoms with E-state index in [-0.39, 0.29) is 0 Å². The van der Waals surface area contributed by atoms with Gasteiger partial charge in [0.1, 0.15) is 0 Å². The van der Waals surface area contributed by atoms with E-state index < -0.39 is 0 Å². The third-order valence-corrected chi connectivity index (χ3v) is 3.79. The Bertz CT molecular complexity index is 516. The van der Waals surface area contributed by atoms with Crippen molar-refractivity contribution in [2.45, 2.75) is 18.9 Å². The standard InChI is InChI=1S/C12H13BrN2/c13-10-1-2-11-9(5-10)6-12-8(7-14)3-4-15(11)12/h1-2,5-6,8H,3-4,7,14H2. The summed E-state index contributed by atoms with van der Waals surface area (Å²) in [6.07, 6.45) is 1.19. The molecule has 0 aliphatic carbocycles. The Labute approximate surface area is 97.2 Å². The molecule has 1 aliphatic rings. The SMILES string of the molecule is NCC1CCn2c1cc1cc(Br)ccc12. The normalized spacial score (nSPS) is 19.7. The Morgan fingerprint density at radius 1 is 1.40 bits per heavy atom. The van der Waals surface area contributed by atoms with E-state index in [0.29, 0.717) is 5.92 Å². The van der Waals surface area contributed by atoms with Crippen molar-refractivity contribution in [1.82, 2.24) is 4.57 Å². The number of aromatic nitrogens is 1. The molecule has 1 unspecified atom stereocenters. The van der Waals surface area contributed by atoms with E-state index in [2.05, 4.69) is 44.8 Å². The van der Waals surface area contributed by atoms with Crippen molar-refractivity contribution in [3.63, 3.8) is 0 Å². The highest BCUT2D eigenvalue weighted by molar-refractivity contribution is 9.10. The van der Waals surface area contributed by atoms with Crippen LogP contribution in [0.2, 0.25) is 0 Å². The van der Waals surface area contributed by atoms with E-state index in [1.54, 1.807) is 0 Å². The molecule has 15 heavy (non-hydrogen) atoms. The summed E-state index contributed by atoms with van der Waals surface area (Å²) in [5.74, 6) is 0.552. The first kappa shape index (κ1) is 9.43. The number of fused-ring (bicyclic) bond motifs is 3. The van der Waals surface area contributed by atoms with Crippen LogP contribution >= 0.6 is 15.9 Å². The average molecular weight is 265 g/mol. The first-order chi connectivity index (χ1) is 7.29. The van der Waals surface area contributed by atoms with Crippen molar-refractivity contribution in [2.75, 3.05) is 6.54 Å². The second-order valence-electron chi connectivity index (χ2n) is 4.15. The maximum absolute atomic E-state index is 5.78. The van der Waals surface area contributed by atoms with Gasteiger partial charge < -0.3 is 10.3 Å². The molecule has 2 aromatic rings. The van der Waals surface area contributed by atoms with Crippen molar-refractivity contribution in [2.24, 2.45) is 5.73 Å². The summed E-state index contributed by atoms with van der Waals surface area (Å²) >= 11 is 3.50. The van der Waals surface area contributed by atoms with Crippen LogP contribution < -0.4 is 5.73 Å². The van der Waals surface area contributed by atoms with Gasteiger partial charge in [0.2, 0.25) is 0 Å². The summed E-state index contributed by atoms with van der Waals surface area (Å²) in [6.45, 7) is 1.87. The van der Waals surface area contributed by atoms with Crippen molar-refractivity contribution < 1.29 is 0 Å². The Kier molecular flexibility index (Phi) is 2.11. The van der Waals surface area contributed by atoms with Gasteiger partial charge in [0.15, 0.2) is 0 Å². The number of nitrogens with zero attached hydrogens (tertiary/aromatic N) is 1. The number of nitrogens with two attached hydrogens (primary N) is 1. The Morgan fingerprint density at radius 3 is 3.07 bits per heavy atom. The molecular weight excluding hydrogens is 252 g/mol. The van der Waals surface area contributed by atoms with Crippen LogP contribution in [0.25, 0.3) is 10.9 Å². The van der Waals surface area contributed by atoms with E-state index in [9.17, 15) is 0 Å². The zero-order chi connectivity index (χ0) is 10.4. The zero-order valence-corrected chi connectivity index (χ0v) is 10.00. The lowest BCUT2D eigenvalue weighted by Crippen LogP contribution is -2.08. The van der Waals surface area contributed by atoms with Crippen LogP contribution in [0.3, 0.4) is 0 Å². The molecule has 1 aromatic heterocycles. The van der Waals surface area contributed by atoms with Crippen molar-refractivity contribution >= 4 is 26.8 Å². The van der Waals surface area contributed by atoms with E-state index in [0.717, 1.165) is 17.6 Å². The lowest BCUT2D eigenvalue weighted by Gasteiger charge is -2.02. The van der Waals surface area contributed by atoms with Crippen LogP contribution in [-0.4, -0.2) is 11.1 Å². The van der Waals surface area contributed by atoms with Gasteiger partial charge in [-0.3, -0.25) is 0 Å². The number of halogens is 1. The minimum atomic E-state index is 0.552. The summed E-state index contributed by atoms with van der Waals surface area (Å²) in [7, 11) is 0. The van der Waals surface area contributed by atoms with Crippen LogP contribution in [0, 0.1) is 0 Å². The number of benzene rings is 1. The van der Waals surface area contributed by atoms with Gasteiger partial charge >= 0.3 is 0 Å². The van der Waals surface area contributed by atoms with E-state index in [1.807, 2.05) is 0 Å². The number of hydrogen-bond donors (Lipinski definition) is 1.